The highest BCUT2D eigenvalue weighted by Gasteiger charge is 2.14. The van der Waals surface area contributed by atoms with Gasteiger partial charge in [-0.3, -0.25) is 4.90 Å². The van der Waals surface area contributed by atoms with Crippen LogP contribution in [0.2, 0.25) is 0 Å². The largest absolute Gasteiger partial charge is 0.508 e. The van der Waals surface area contributed by atoms with E-state index in [1.807, 2.05) is 25.1 Å². The Morgan fingerprint density at radius 2 is 1.63 bits per heavy atom. The van der Waals surface area contributed by atoms with Crippen molar-refractivity contribution in [2.75, 3.05) is 26.2 Å². The monoisotopic (exact) mass is 410 g/mol. The summed E-state index contributed by atoms with van der Waals surface area (Å²) in [6, 6.07) is 7.24. The van der Waals surface area contributed by atoms with Crippen LogP contribution in [0.1, 0.15) is 19.4 Å². The number of aliphatic hydroxyl groups is 2. The predicted molar refractivity (Wildman–Crippen MR) is 126 cm³/mol. The van der Waals surface area contributed by atoms with E-state index in [1.54, 1.807) is 49.4 Å². The molecule has 1 aromatic rings. The molecular formula is C25H34N2O3. The first kappa shape index (κ1) is 25.0. The molecule has 0 aliphatic heterocycles. The third-order valence-corrected chi connectivity index (χ3v) is 4.57. The van der Waals surface area contributed by atoms with Gasteiger partial charge in [0, 0.05) is 49.4 Å². The Bertz CT molecular complexity index is 819. The van der Waals surface area contributed by atoms with Crippen molar-refractivity contribution >= 4 is 0 Å². The van der Waals surface area contributed by atoms with Crippen molar-refractivity contribution in [2.45, 2.75) is 20.4 Å². The molecule has 0 aromatic heterocycles. The fraction of sp³-hybridized carbons (Fsp3) is 0.280. The van der Waals surface area contributed by atoms with Crippen LogP contribution in [0.3, 0.4) is 0 Å². The molecule has 0 spiro atoms. The third-order valence-electron chi connectivity index (χ3n) is 4.57. The van der Waals surface area contributed by atoms with Crippen LogP contribution in [0.4, 0.5) is 0 Å². The molecule has 0 aliphatic rings. The molecule has 5 heteroatoms. The van der Waals surface area contributed by atoms with Gasteiger partial charge in [-0.1, -0.05) is 55.7 Å². The predicted octanol–water partition coefficient (Wildman–Crippen LogP) is 4.93. The number of benzene rings is 1. The van der Waals surface area contributed by atoms with E-state index in [0.717, 1.165) is 16.7 Å². The smallest absolute Gasteiger partial charge is 0.120 e. The molecule has 1 rings (SSSR count). The van der Waals surface area contributed by atoms with Crippen molar-refractivity contribution in [3.8, 4) is 5.75 Å². The van der Waals surface area contributed by atoms with Crippen LogP contribution in [0.25, 0.3) is 0 Å². The van der Waals surface area contributed by atoms with Gasteiger partial charge in [0.1, 0.15) is 17.3 Å². The lowest BCUT2D eigenvalue weighted by atomic mass is 10.1. The van der Waals surface area contributed by atoms with Crippen LogP contribution in [-0.2, 0) is 6.54 Å². The molecule has 0 saturated heterocycles. The highest BCUT2D eigenvalue weighted by atomic mass is 16.3. The summed E-state index contributed by atoms with van der Waals surface area (Å²) >= 11 is 0. The molecule has 0 amide bonds. The van der Waals surface area contributed by atoms with Crippen molar-refractivity contribution in [1.29, 1.82) is 0 Å². The molecule has 0 aliphatic carbocycles. The minimum Gasteiger partial charge on any atom is -0.508 e. The summed E-state index contributed by atoms with van der Waals surface area (Å²) in [6.07, 6.45) is 10.1. The van der Waals surface area contributed by atoms with Crippen molar-refractivity contribution < 1.29 is 15.3 Å². The zero-order chi connectivity index (χ0) is 22.4. The van der Waals surface area contributed by atoms with Gasteiger partial charge in [-0.25, -0.2) is 0 Å². The summed E-state index contributed by atoms with van der Waals surface area (Å²) in [5, 5.41) is 33.7. The molecule has 0 fully saturated rings. The number of aliphatic hydroxyl groups excluding tert-OH is 2. The number of para-hydroxylation sites is 1. The van der Waals surface area contributed by atoms with E-state index in [2.05, 4.69) is 23.4 Å². The van der Waals surface area contributed by atoms with Gasteiger partial charge < -0.3 is 20.6 Å². The number of phenolic OH excluding ortho intramolecular Hbond substituents is 1. The summed E-state index contributed by atoms with van der Waals surface area (Å²) in [4.78, 5) is 2.12. The van der Waals surface area contributed by atoms with Crippen LogP contribution in [0.5, 0.6) is 5.75 Å². The normalized spacial score (nSPS) is 13.6. The molecule has 0 unspecified atom stereocenters. The molecule has 0 saturated carbocycles. The van der Waals surface area contributed by atoms with E-state index in [0.29, 0.717) is 32.7 Å². The van der Waals surface area contributed by atoms with Crippen LogP contribution in [0, 0.1) is 0 Å². The Labute approximate surface area is 180 Å². The van der Waals surface area contributed by atoms with E-state index in [1.165, 1.54) is 0 Å². The summed E-state index contributed by atoms with van der Waals surface area (Å²) in [7, 11) is 0. The quantitative estimate of drug-likeness (QED) is 0.211. The van der Waals surface area contributed by atoms with E-state index >= 15 is 0 Å². The highest BCUT2D eigenvalue weighted by Crippen LogP contribution is 2.16. The second-order valence-electron chi connectivity index (χ2n) is 6.72. The maximum atomic E-state index is 10.3. The van der Waals surface area contributed by atoms with Crippen molar-refractivity contribution in [3.63, 3.8) is 0 Å². The maximum absolute atomic E-state index is 10.3. The number of nitrogens with zero attached hydrogens (tertiary/aromatic N) is 1. The van der Waals surface area contributed by atoms with Crippen LogP contribution in [-0.4, -0.2) is 46.4 Å². The standard InChI is InChI=1S/C25H34N2O3/c1-5-11-22(23(28)8-4)19-27(18-20(7-3)24(29)12-6-2)16-15-26-17-21-13-9-10-14-25(21)30/h5-14,26,28-30H,1-2,15-19H2,3-4H3/b20-7-,22-11-,23-8+,24-12+. The minimum atomic E-state index is 0.171. The number of nitrogens with one attached hydrogen (secondary N) is 1. The van der Waals surface area contributed by atoms with Crippen molar-refractivity contribution in [1.82, 2.24) is 10.2 Å². The number of hydrogen-bond acceptors (Lipinski definition) is 5. The lowest BCUT2D eigenvalue weighted by Crippen LogP contribution is -2.35. The Balaban J connectivity index is 2.89. The summed E-state index contributed by atoms with van der Waals surface area (Å²) in [5.74, 6) is 0.644. The van der Waals surface area contributed by atoms with Gasteiger partial charge in [0.25, 0.3) is 0 Å². The summed E-state index contributed by atoms with van der Waals surface area (Å²) in [5.41, 5.74) is 2.35. The van der Waals surface area contributed by atoms with Gasteiger partial charge in [-0.15, -0.1) is 0 Å². The lowest BCUT2D eigenvalue weighted by Gasteiger charge is -2.25. The Kier molecular flexibility index (Phi) is 11.7. The Morgan fingerprint density at radius 3 is 2.23 bits per heavy atom. The second-order valence-corrected chi connectivity index (χ2v) is 6.72. The molecule has 0 radical (unpaired) electrons. The minimum absolute atomic E-state index is 0.171. The lowest BCUT2D eigenvalue weighted by molar-refractivity contribution is 0.299. The van der Waals surface area contributed by atoms with E-state index in [-0.39, 0.29) is 17.3 Å². The van der Waals surface area contributed by atoms with E-state index in [4.69, 9.17) is 0 Å². The van der Waals surface area contributed by atoms with Gasteiger partial charge in [-0.2, -0.15) is 0 Å². The SMILES string of the molecule is C=C/C=C(CN(CCNCc1ccccc1O)CC(=C/C)/C(O)=C\C=C)\C(O)=C/C. The van der Waals surface area contributed by atoms with Crippen LogP contribution < -0.4 is 5.32 Å². The average Bonchev–Trinajstić information content (AvgIpc) is 2.74. The first-order chi connectivity index (χ1) is 14.5. The van der Waals surface area contributed by atoms with E-state index < -0.39 is 0 Å². The van der Waals surface area contributed by atoms with Crippen LogP contribution >= 0.6 is 0 Å². The fourth-order valence-electron chi connectivity index (χ4n) is 2.90. The molecular weight excluding hydrogens is 376 g/mol. The molecule has 4 N–H and O–H groups in total. The molecule has 5 nitrogen and oxygen atoms in total. The molecule has 0 bridgehead atoms. The molecule has 1 aromatic carbocycles. The zero-order valence-corrected chi connectivity index (χ0v) is 18.0. The number of aromatic hydroxyl groups is 1. The summed E-state index contributed by atoms with van der Waals surface area (Å²) < 4.78 is 0. The van der Waals surface area contributed by atoms with Gasteiger partial charge in [0.05, 0.1) is 0 Å². The number of phenols is 1. The topological polar surface area (TPSA) is 76.0 Å². The van der Waals surface area contributed by atoms with E-state index in [9.17, 15) is 15.3 Å². The van der Waals surface area contributed by atoms with Crippen molar-refractivity contribution in [2.24, 2.45) is 0 Å². The van der Waals surface area contributed by atoms with Crippen LogP contribution in [0.15, 0.2) is 96.5 Å². The third kappa shape index (κ3) is 8.55. The number of rotatable bonds is 13. The highest BCUT2D eigenvalue weighted by molar-refractivity contribution is 5.32. The van der Waals surface area contributed by atoms with Crippen molar-refractivity contribution in [3.05, 3.63) is 102 Å². The fourth-order valence-corrected chi connectivity index (χ4v) is 2.90. The van der Waals surface area contributed by atoms with Gasteiger partial charge >= 0.3 is 0 Å². The first-order valence-electron chi connectivity index (χ1n) is 10.0. The van der Waals surface area contributed by atoms with Gasteiger partial charge in [0.15, 0.2) is 0 Å². The Hall–Kier alpha value is -3.02. The zero-order valence-electron chi connectivity index (χ0n) is 18.0. The molecule has 30 heavy (non-hydrogen) atoms. The maximum Gasteiger partial charge on any atom is 0.120 e. The molecule has 162 valence electrons. The van der Waals surface area contributed by atoms with Gasteiger partial charge in [0.2, 0.25) is 0 Å². The summed E-state index contributed by atoms with van der Waals surface area (Å²) in [6.45, 7) is 13.9. The number of allylic oxidation sites excluding steroid dienone is 6. The Morgan fingerprint density at radius 1 is 0.967 bits per heavy atom. The van der Waals surface area contributed by atoms with Gasteiger partial charge in [-0.05, 0) is 32.1 Å². The molecule has 0 heterocycles. The molecule has 0 atom stereocenters. The first-order valence-corrected chi connectivity index (χ1v) is 10.0. The second kappa shape index (κ2) is 14.0. The average molecular weight is 411 g/mol. The number of hydrogen-bond donors (Lipinski definition) is 4.